The maximum atomic E-state index is 12.9. The van der Waals surface area contributed by atoms with E-state index in [0.717, 1.165) is 31.1 Å². The van der Waals surface area contributed by atoms with Gasteiger partial charge in [0.2, 0.25) is 5.95 Å². The van der Waals surface area contributed by atoms with Crippen LogP contribution in [-0.2, 0) is 0 Å². The largest absolute Gasteiger partial charge is 0.353 e. The average Bonchev–Trinajstić information content (AvgIpc) is 2.81. The fraction of sp³-hybridized carbons (Fsp3) is 0.273. The van der Waals surface area contributed by atoms with Crippen molar-refractivity contribution in [1.82, 2.24) is 19.9 Å². The van der Waals surface area contributed by atoms with E-state index >= 15 is 0 Å². The number of carbonyl (C=O) groups excluding carboxylic acids is 1. The number of piperazine rings is 1. The molecule has 1 amide bonds. The van der Waals surface area contributed by atoms with Crippen molar-refractivity contribution in [3.63, 3.8) is 0 Å². The van der Waals surface area contributed by atoms with Gasteiger partial charge in [-0.2, -0.15) is 0 Å². The topological polar surface area (TPSA) is 65.5 Å². The summed E-state index contributed by atoms with van der Waals surface area (Å²) in [6.07, 6.45) is 5.05. The van der Waals surface area contributed by atoms with Crippen LogP contribution in [0.15, 0.2) is 67.1 Å². The molecule has 148 valence electrons. The summed E-state index contributed by atoms with van der Waals surface area (Å²) in [5, 5.41) is 0. The number of amides is 1. The normalized spacial score (nSPS) is 14.0. The lowest BCUT2D eigenvalue weighted by Crippen LogP contribution is -2.49. The lowest BCUT2D eigenvalue weighted by atomic mass is 10.2. The summed E-state index contributed by atoms with van der Waals surface area (Å²) < 4.78 is 0. The smallest absolute Gasteiger partial charge is 0.257 e. The molecule has 0 atom stereocenters. The second kappa shape index (κ2) is 8.68. The minimum absolute atomic E-state index is 0.0278. The molecular formula is C22H24N6O. The van der Waals surface area contributed by atoms with E-state index < -0.39 is 0 Å². The van der Waals surface area contributed by atoms with Gasteiger partial charge in [0.05, 0.1) is 5.56 Å². The van der Waals surface area contributed by atoms with Crippen LogP contribution in [-0.4, -0.2) is 58.5 Å². The first-order valence-electron chi connectivity index (χ1n) is 9.86. The zero-order chi connectivity index (χ0) is 20.1. The summed E-state index contributed by atoms with van der Waals surface area (Å²) in [6.45, 7) is 5.63. The summed E-state index contributed by atoms with van der Waals surface area (Å²) in [5.41, 5.74) is 1.55. The molecule has 0 bridgehead atoms. The third-order valence-corrected chi connectivity index (χ3v) is 5.05. The van der Waals surface area contributed by atoms with E-state index in [0.29, 0.717) is 24.6 Å². The molecular weight excluding hydrogens is 364 g/mol. The predicted octanol–water partition coefficient (Wildman–Crippen LogP) is 2.99. The first kappa shape index (κ1) is 18.9. The Morgan fingerprint density at radius 3 is 2.24 bits per heavy atom. The van der Waals surface area contributed by atoms with Crippen LogP contribution in [0.3, 0.4) is 0 Å². The number of anilines is 3. The van der Waals surface area contributed by atoms with Crippen molar-refractivity contribution >= 4 is 23.4 Å². The summed E-state index contributed by atoms with van der Waals surface area (Å²) in [6, 6.07) is 15.9. The van der Waals surface area contributed by atoms with Crippen molar-refractivity contribution in [2.45, 2.75) is 6.92 Å². The Hall–Kier alpha value is -3.48. The van der Waals surface area contributed by atoms with E-state index in [4.69, 9.17) is 0 Å². The Balaban J connectivity index is 1.41. The van der Waals surface area contributed by atoms with E-state index in [9.17, 15) is 4.79 Å². The number of aromatic nitrogens is 3. The number of carbonyl (C=O) groups is 1. The molecule has 1 fully saturated rings. The minimum atomic E-state index is -0.0278. The molecule has 2 aromatic heterocycles. The van der Waals surface area contributed by atoms with Gasteiger partial charge in [-0.15, -0.1) is 0 Å². The maximum Gasteiger partial charge on any atom is 0.257 e. The van der Waals surface area contributed by atoms with Gasteiger partial charge in [-0.25, -0.2) is 15.0 Å². The molecule has 0 unspecified atom stereocenters. The van der Waals surface area contributed by atoms with Gasteiger partial charge in [-0.05, 0) is 31.2 Å². The molecule has 1 aliphatic rings. The number of hydrogen-bond donors (Lipinski definition) is 0. The van der Waals surface area contributed by atoms with Gasteiger partial charge in [0.1, 0.15) is 5.82 Å². The molecule has 0 radical (unpaired) electrons. The zero-order valence-corrected chi connectivity index (χ0v) is 16.5. The van der Waals surface area contributed by atoms with Crippen molar-refractivity contribution in [1.29, 1.82) is 0 Å². The number of benzene rings is 1. The standard InChI is InChI=1S/C22H24N6O/c1-2-28(19-8-4-3-5-9-19)22-24-16-18(17-25-22)21(29)27-14-12-26(13-15-27)20-10-6-7-11-23-20/h3-11,16-17H,2,12-15H2,1H3. The van der Waals surface area contributed by atoms with E-state index in [1.54, 1.807) is 18.6 Å². The van der Waals surface area contributed by atoms with Crippen molar-refractivity contribution < 1.29 is 4.79 Å². The number of pyridine rings is 1. The van der Waals surface area contributed by atoms with Crippen molar-refractivity contribution in [3.8, 4) is 0 Å². The van der Waals surface area contributed by atoms with Crippen molar-refractivity contribution in [3.05, 3.63) is 72.7 Å². The number of para-hydroxylation sites is 1. The van der Waals surface area contributed by atoms with Gasteiger partial charge >= 0.3 is 0 Å². The second-order valence-corrected chi connectivity index (χ2v) is 6.82. The number of nitrogens with zero attached hydrogens (tertiary/aromatic N) is 6. The molecule has 7 nitrogen and oxygen atoms in total. The molecule has 1 aliphatic heterocycles. The predicted molar refractivity (Wildman–Crippen MR) is 114 cm³/mol. The fourth-order valence-electron chi connectivity index (χ4n) is 3.48. The lowest BCUT2D eigenvalue weighted by molar-refractivity contribution is 0.0745. The average molecular weight is 388 g/mol. The Bertz CT molecular complexity index is 925. The lowest BCUT2D eigenvalue weighted by Gasteiger charge is -2.35. The molecule has 0 aliphatic carbocycles. The Morgan fingerprint density at radius 1 is 0.931 bits per heavy atom. The SMILES string of the molecule is CCN(c1ccccc1)c1ncc(C(=O)N2CCN(c3ccccn3)CC2)cn1. The first-order valence-corrected chi connectivity index (χ1v) is 9.86. The van der Waals surface area contributed by atoms with Crippen LogP contribution >= 0.6 is 0 Å². The Morgan fingerprint density at radius 2 is 1.62 bits per heavy atom. The number of hydrogen-bond acceptors (Lipinski definition) is 6. The molecule has 29 heavy (non-hydrogen) atoms. The summed E-state index contributed by atoms with van der Waals surface area (Å²) in [5.74, 6) is 1.52. The zero-order valence-electron chi connectivity index (χ0n) is 16.5. The van der Waals surface area contributed by atoms with E-state index in [1.807, 2.05) is 58.3 Å². The van der Waals surface area contributed by atoms with Crippen LogP contribution in [0.1, 0.15) is 17.3 Å². The Kier molecular flexibility index (Phi) is 5.65. The quantitative estimate of drug-likeness (QED) is 0.670. The maximum absolute atomic E-state index is 12.9. The first-order chi connectivity index (χ1) is 14.3. The van der Waals surface area contributed by atoms with E-state index in [-0.39, 0.29) is 5.91 Å². The second-order valence-electron chi connectivity index (χ2n) is 6.82. The third kappa shape index (κ3) is 4.18. The molecule has 3 aromatic rings. The molecule has 1 saturated heterocycles. The molecule has 0 spiro atoms. The van der Waals surface area contributed by atoms with Gasteiger partial charge in [-0.3, -0.25) is 4.79 Å². The summed E-state index contributed by atoms with van der Waals surface area (Å²) >= 11 is 0. The highest BCUT2D eigenvalue weighted by Crippen LogP contribution is 2.21. The van der Waals surface area contributed by atoms with E-state index in [2.05, 4.69) is 26.8 Å². The van der Waals surface area contributed by atoms with Gasteiger partial charge < -0.3 is 14.7 Å². The van der Waals surface area contributed by atoms with Gasteiger partial charge in [0.25, 0.3) is 5.91 Å². The third-order valence-electron chi connectivity index (χ3n) is 5.05. The molecule has 4 rings (SSSR count). The molecule has 0 saturated carbocycles. The van der Waals surface area contributed by atoms with Crippen LogP contribution in [0.25, 0.3) is 0 Å². The number of rotatable bonds is 5. The van der Waals surface area contributed by atoms with Crippen LogP contribution in [0.4, 0.5) is 17.5 Å². The highest BCUT2D eigenvalue weighted by Gasteiger charge is 2.23. The molecule has 1 aromatic carbocycles. The molecule has 3 heterocycles. The minimum Gasteiger partial charge on any atom is -0.353 e. The fourth-order valence-corrected chi connectivity index (χ4v) is 3.48. The van der Waals surface area contributed by atoms with Crippen molar-refractivity contribution in [2.75, 3.05) is 42.5 Å². The van der Waals surface area contributed by atoms with Crippen LogP contribution in [0, 0.1) is 0 Å². The van der Waals surface area contributed by atoms with Crippen LogP contribution in [0.5, 0.6) is 0 Å². The summed E-state index contributed by atoms with van der Waals surface area (Å²) in [7, 11) is 0. The van der Waals surface area contributed by atoms with E-state index in [1.165, 1.54) is 0 Å². The van der Waals surface area contributed by atoms with Crippen LogP contribution < -0.4 is 9.80 Å². The monoisotopic (exact) mass is 388 g/mol. The van der Waals surface area contributed by atoms with Crippen LogP contribution in [0.2, 0.25) is 0 Å². The highest BCUT2D eigenvalue weighted by atomic mass is 16.2. The van der Waals surface area contributed by atoms with Gasteiger partial charge in [0, 0.05) is 57.0 Å². The van der Waals surface area contributed by atoms with Gasteiger partial charge in [0.15, 0.2) is 0 Å². The van der Waals surface area contributed by atoms with Gasteiger partial charge in [-0.1, -0.05) is 24.3 Å². The summed E-state index contributed by atoms with van der Waals surface area (Å²) in [4.78, 5) is 32.2. The molecule has 0 N–H and O–H groups in total. The Labute approximate surface area is 170 Å². The molecule has 7 heteroatoms. The van der Waals surface area contributed by atoms with Crippen molar-refractivity contribution in [2.24, 2.45) is 0 Å². The highest BCUT2D eigenvalue weighted by molar-refractivity contribution is 5.94.